The number of hydrogen-bond acceptors (Lipinski definition) is 3. The Morgan fingerprint density at radius 3 is 2.42 bits per heavy atom. The topological polar surface area (TPSA) is 49.4 Å². The Morgan fingerprint density at radius 1 is 1.16 bits per heavy atom. The highest BCUT2D eigenvalue weighted by Gasteiger charge is 2.19. The lowest BCUT2D eigenvalue weighted by Crippen LogP contribution is -2.32. The van der Waals surface area contributed by atoms with E-state index in [4.69, 9.17) is 0 Å². The van der Waals surface area contributed by atoms with Gasteiger partial charge in [0.15, 0.2) is 0 Å². The van der Waals surface area contributed by atoms with Crippen LogP contribution in [0.1, 0.15) is 25.3 Å². The van der Waals surface area contributed by atoms with E-state index in [0.717, 1.165) is 18.5 Å². The van der Waals surface area contributed by atoms with Crippen LogP contribution in [0.5, 0.6) is 0 Å². The molecule has 1 rings (SSSR count). The normalized spacial score (nSPS) is 11.9. The van der Waals surface area contributed by atoms with Crippen molar-refractivity contribution in [2.24, 2.45) is 0 Å². The lowest BCUT2D eigenvalue weighted by molar-refractivity contribution is 0.422. The molecule has 0 atom stereocenters. The van der Waals surface area contributed by atoms with Gasteiger partial charge in [-0.2, -0.15) is 4.31 Å². The van der Waals surface area contributed by atoms with Crippen LogP contribution in [-0.2, 0) is 16.6 Å². The summed E-state index contributed by atoms with van der Waals surface area (Å²) in [5, 5.41) is 3.03. The zero-order chi connectivity index (χ0) is 14.1. The fourth-order valence-electron chi connectivity index (χ4n) is 1.91. The Kier molecular flexibility index (Phi) is 7.05. The third kappa shape index (κ3) is 5.72. The van der Waals surface area contributed by atoms with Gasteiger partial charge in [0, 0.05) is 13.1 Å². The molecular formula is C14H24N2O2S. The summed E-state index contributed by atoms with van der Waals surface area (Å²) in [6, 6.07) is 9.72. The summed E-state index contributed by atoms with van der Waals surface area (Å²) in [6.07, 6.45) is 1.59. The quantitative estimate of drug-likeness (QED) is 0.704. The minimum atomic E-state index is -3.15. The molecule has 0 heterocycles. The van der Waals surface area contributed by atoms with Crippen LogP contribution in [0.2, 0.25) is 0 Å². The third-order valence-corrected chi connectivity index (χ3v) is 5.01. The number of nitrogens with one attached hydrogen (secondary N) is 1. The first-order chi connectivity index (χ1) is 9.10. The Bertz CT molecular complexity index is 446. The number of hydrogen-bond donors (Lipinski definition) is 1. The molecule has 0 spiro atoms. The summed E-state index contributed by atoms with van der Waals surface area (Å²) >= 11 is 0. The fourth-order valence-corrected chi connectivity index (χ4v) is 3.48. The minimum Gasteiger partial charge on any atom is -0.320 e. The first kappa shape index (κ1) is 16.1. The molecule has 1 aromatic rings. The van der Waals surface area contributed by atoms with Crippen molar-refractivity contribution in [3.05, 3.63) is 35.9 Å². The average molecular weight is 284 g/mol. The number of nitrogens with zero attached hydrogens (tertiary/aromatic N) is 1. The summed E-state index contributed by atoms with van der Waals surface area (Å²) in [4.78, 5) is 0. The molecule has 0 radical (unpaired) electrons. The molecule has 0 unspecified atom stereocenters. The zero-order valence-electron chi connectivity index (χ0n) is 11.8. The second-order valence-corrected chi connectivity index (χ2v) is 6.63. The van der Waals surface area contributed by atoms with Crippen LogP contribution < -0.4 is 5.32 Å². The van der Waals surface area contributed by atoms with Crippen molar-refractivity contribution >= 4 is 10.0 Å². The molecule has 0 saturated carbocycles. The maximum Gasteiger partial charge on any atom is 0.214 e. The van der Waals surface area contributed by atoms with E-state index in [-0.39, 0.29) is 5.75 Å². The molecule has 0 aliphatic heterocycles. The standard InChI is InChI=1S/C14H24N2O2S/c1-3-16(13-14-9-5-4-6-10-14)19(17,18)12-8-7-11-15-2/h4-6,9-10,15H,3,7-8,11-13H2,1-2H3. The largest absolute Gasteiger partial charge is 0.320 e. The summed E-state index contributed by atoms with van der Waals surface area (Å²) in [5.74, 6) is 0.232. The second-order valence-electron chi connectivity index (χ2n) is 4.54. The molecule has 0 aromatic heterocycles. The summed E-state index contributed by atoms with van der Waals surface area (Å²) in [7, 11) is -1.27. The van der Waals surface area contributed by atoms with E-state index in [1.807, 2.05) is 44.3 Å². The molecular weight excluding hydrogens is 260 g/mol. The van der Waals surface area contributed by atoms with Crippen molar-refractivity contribution in [2.45, 2.75) is 26.3 Å². The van der Waals surface area contributed by atoms with Crippen LogP contribution in [0.25, 0.3) is 0 Å². The molecule has 4 nitrogen and oxygen atoms in total. The number of unbranched alkanes of at least 4 members (excludes halogenated alkanes) is 1. The van der Waals surface area contributed by atoms with Gasteiger partial charge in [0.1, 0.15) is 0 Å². The van der Waals surface area contributed by atoms with Crippen LogP contribution in [0, 0.1) is 0 Å². The van der Waals surface area contributed by atoms with Crippen molar-refractivity contribution in [3.63, 3.8) is 0 Å². The first-order valence-electron chi connectivity index (χ1n) is 6.76. The predicted octanol–water partition coefficient (Wildman–Crippen LogP) is 1.84. The van der Waals surface area contributed by atoms with Gasteiger partial charge in [0.2, 0.25) is 10.0 Å². The smallest absolute Gasteiger partial charge is 0.214 e. The SMILES string of the molecule is CCN(Cc1ccccc1)S(=O)(=O)CCCCNC. The van der Waals surface area contributed by atoms with Crippen LogP contribution in [-0.4, -0.2) is 38.6 Å². The van der Waals surface area contributed by atoms with Crippen molar-refractivity contribution in [1.82, 2.24) is 9.62 Å². The van der Waals surface area contributed by atoms with Gasteiger partial charge in [-0.05, 0) is 32.0 Å². The van der Waals surface area contributed by atoms with Crippen LogP contribution in [0.3, 0.4) is 0 Å². The van der Waals surface area contributed by atoms with E-state index >= 15 is 0 Å². The Morgan fingerprint density at radius 2 is 1.84 bits per heavy atom. The second kappa shape index (κ2) is 8.30. The molecule has 108 valence electrons. The average Bonchev–Trinajstić information content (AvgIpc) is 2.42. The van der Waals surface area contributed by atoms with Crippen molar-refractivity contribution in [2.75, 3.05) is 25.9 Å². The highest BCUT2D eigenvalue weighted by molar-refractivity contribution is 7.89. The molecule has 19 heavy (non-hydrogen) atoms. The lowest BCUT2D eigenvalue weighted by Gasteiger charge is -2.20. The van der Waals surface area contributed by atoms with Gasteiger partial charge in [-0.25, -0.2) is 8.42 Å². The Hall–Kier alpha value is -0.910. The third-order valence-electron chi connectivity index (χ3n) is 3.03. The van der Waals surface area contributed by atoms with Crippen LogP contribution in [0.15, 0.2) is 30.3 Å². The maximum atomic E-state index is 12.2. The number of benzene rings is 1. The Labute approximate surface area is 116 Å². The fraction of sp³-hybridized carbons (Fsp3) is 0.571. The van der Waals surface area contributed by atoms with Gasteiger partial charge in [-0.15, -0.1) is 0 Å². The lowest BCUT2D eigenvalue weighted by atomic mass is 10.2. The van der Waals surface area contributed by atoms with E-state index in [1.165, 1.54) is 0 Å². The van der Waals surface area contributed by atoms with Gasteiger partial charge in [0.05, 0.1) is 5.75 Å². The molecule has 0 amide bonds. The zero-order valence-corrected chi connectivity index (χ0v) is 12.6. The van der Waals surface area contributed by atoms with Crippen LogP contribution in [0.4, 0.5) is 0 Å². The van der Waals surface area contributed by atoms with Gasteiger partial charge in [-0.1, -0.05) is 37.3 Å². The van der Waals surface area contributed by atoms with Crippen molar-refractivity contribution in [1.29, 1.82) is 0 Å². The highest BCUT2D eigenvalue weighted by atomic mass is 32.2. The van der Waals surface area contributed by atoms with E-state index in [1.54, 1.807) is 4.31 Å². The molecule has 0 aliphatic rings. The summed E-state index contributed by atoms with van der Waals surface area (Å²) in [6.45, 7) is 3.73. The molecule has 0 aliphatic carbocycles. The van der Waals surface area contributed by atoms with Crippen molar-refractivity contribution < 1.29 is 8.42 Å². The van der Waals surface area contributed by atoms with E-state index in [2.05, 4.69) is 5.32 Å². The van der Waals surface area contributed by atoms with Crippen molar-refractivity contribution in [3.8, 4) is 0 Å². The van der Waals surface area contributed by atoms with Gasteiger partial charge >= 0.3 is 0 Å². The monoisotopic (exact) mass is 284 g/mol. The first-order valence-corrected chi connectivity index (χ1v) is 8.37. The molecule has 1 aromatic carbocycles. The molecule has 0 fully saturated rings. The molecule has 5 heteroatoms. The number of sulfonamides is 1. The Balaban J connectivity index is 2.57. The van der Waals surface area contributed by atoms with E-state index < -0.39 is 10.0 Å². The van der Waals surface area contributed by atoms with E-state index in [9.17, 15) is 8.42 Å². The number of rotatable bonds is 9. The molecule has 0 saturated heterocycles. The molecule has 1 N–H and O–H groups in total. The summed E-state index contributed by atoms with van der Waals surface area (Å²) < 4.78 is 26.0. The van der Waals surface area contributed by atoms with Gasteiger partial charge in [-0.3, -0.25) is 0 Å². The molecule has 0 bridgehead atoms. The summed E-state index contributed by atoms with van der Waals surface area (Å²) in [5.41, 5.74) is 1.03. The predicted molar refractivity (Wildman–Crippen MR) is 79.5 cm³/mol. The van der Waals surface area contributed by atoms with Gasteiger partial charge < -0.3 is 5.32 Å². The van der Waals surface area contributed by atoms with Crippen LogP contribution >= 0.6 is 0 Å². The minimum absolute atomic E-state index is 0.232. The maximum absolute atomic E-state index is 12.2. The van der Waals surface area contributed by atoms with E-state index in [0.29, 0.717) is 19.5 Å². The highest BCUT2D eigenvalue weighted by Crippen LogP contribution is 2.10. The van der Waals surface area contributed by atoms with Gasteiger partial charge in [0.25, 0.3) is 0 Å².